The number of pyridine rings is 1. The van der Waals surface area contributed by atoms with Gasteiger partial charge in [0.2, 0.25) is 0 Å². The summed E-state index contributed by atoms with van der Waals surface area (Å²) in [7, 11) is 0. The number of carboxylic acid groups (broad SMARTS) is 1. The van der Waals surface area contributed by atoms with Gasteiger partial charge in [0, 0.05) is 17.3 Å². The van der Waals surface area contributed by atoms with Crippen molar-refractivity contribution < 1.29 is 9.90 Å². The molecular weight excluding hydrogens is 379 g/mol. The molecule has 2 aromatic rings. The molecule has 0 saturated carbocycles. The number of nitrogens with zero attached hydrogens (tertiary/aromatic N) is 1. The monoisotopic (exact) mass is 383 g/mol. The zero-order valence-corrected chi connectivity index (χ0v) is 13.9. The Bertz CT molecular complexity index is 710. The van der Waals surface area contributed by atoms with Crippen LogP contribution in [0.15, 0.2) is 18.3 Å². The molecule has 2 rings (SSSR count). The zero-order chi connectivity index (χ0) is 15.7. The van der Waals surface area contributed by atoms with Crippen molar-refractivity contribution in [1.29, 1.82) is 0 Å². The van der Waals surface area contributed by atoms with Crippen molar-refractivity contribution in [3.8, 4) is 11.3 Å². The highest BCUT2D eigenvalue weighted by molar-refractivity contribution is 6.48. The first kappa shape index (κ1) is 16.7. The van der Waals surface area contributed by atoms with Gasteiger partial charge in [-0.3, -0.25) is 9.78 Å². The van der Waals surface area contributed by atoms with Gasteiger partial charge in [0.1, 0.15) is 0 Å². The highest BCUT2D eigenvalue weighted by Gasteiger charge is 2.17. The maximum Gasteiger partial charge on any atom is 0.307 e. The number of aliphatic carboxylic acids is 1. The van der Waals surface area contributed by atoms with E-state index in [1.807, 2.05) is 0 Å². The summed E-state index contributed by atoms with van der Waals surface area (Å²) in [4.78, 5) is 15.0. The SMILES string of the molecule is O=C(O)Cc1c(Cl)cnc(-c2cc(Cl)c(Cl)c(Cl)c2)c1Cl. The Balaban J connectivity index is 2.62. The zero-order valence-electron chi connectivity index (χ0n) is 10.1. The van der Waals surface area contributed by atoms with Crippen LogP contribution < -0.4 is 0 Å². The van der Waals surface area contributed by atoms with Crippen LogP contribution in [0.5, 0.6) is 0 Å². The smallest absolute Gasteiger partial charge is 0.307 e. The Morgan fingerprint density at radius 3 is 2.10 bits per heavy atom. The number of benzene rings is 1. The molecule has 0 aliphatic carbocycles. The summed E-state index contributed by atoms with van der Waals surface area (Å²) in [5.74, 6) is -1.05. The van der Waals surface area contributed by atoms with Gasteiger partial charge in [-0.15, -0.1) is 0 Å². The highest BCUT2D eigenvalue weighted by atomic mass is 35.5. The lowest BCUT2D eigenvalue weighted by Gasteiger charge is -2.11. The third-order valence-electron chi connectivity index (χ3n) is 2.65. The van der Waals surface area contributed by atoms with Crippen molar-refractivity contribution in [2.45, 2.75) is 6.42 Å². The third kappa shape index (κ3) is 3.55. The summed E-state index contributed by atoms with van der Waals surface area (Å²) in [5.41, 5.74) is 1.12. The maximum absolute atomic E-state index is 10.9. The van der Waals surface area contributed by atoms with Gasteiger partial charge < -0.3 is 5.11 Å². The summed E-state index contributed by atoms with van der Waals surface area (Å²) in [5, 5.41) is 9.93. The van der Waals surface area contributed by atoms with Crippen molar-refractivity contribution in [1.82, 2.24) is 4.98 Å². The molecule has 110 valence electrons. The first-order valence-electron chi connectivity index (χ1n) is 5.50. The quantitative estimate of drug-likeness (QED) is 0.695. The molecule has 0 saturated heterocycles. The van der Waals surface area contributed by atoms with E-state index < -0.39 is 5.97 Å². The predicted octanol–water partition coefficient (Wildman–Crippen LogP) is 5.64. The van der Waals surface area contributed by atoms with Gasteiger partial charge in [0.05, 0.1) is 37.2 Å². The average Bonchev–Trinajstić information content (AvgIpc) is 2.40. The minimum Gasteiger partial charge on any atom is -0.481 e. The van der Waals surface area contributed by atoms with E-state index in [9.17, 15) is 4.79 Å². The number of carboxylic acids is 1. The first-order valence-corrected chi connectivity index (χ1v) is 7.39. The molecule has 0 spiro atoms. The number of halogens is 5. The number of carbonyl (C=O) groups is 1. The fourth-order valence-corrected chi connectivity index (χ4v) is 2.89. The molecule has 3 nitrogen and oxygen atoms in total. The standard InChI is InChI=1S/C13H6Cl5NO2/c14-7-1-5(2-8(15)12(7)18)13-11(17)6(3-10(20)21)9(16)4-19-13/h1-2,4H,3H2,(H,20,21). The number of aromatic nitrogens is 1. The molecule has 21 heavy (non-hydrogen) atoms. The topological polar surface area (TPSA) is 50.2 Å². The van der Waals surface area contributed by atoms with E-state index in [0.717, 1.165) is 0 Å². The molecule has 1 aromatic heterocycles. The summed E-state index contributed by atoms with van der Waals surface area (Å²) < 4.78 is 0. The van der Waals surface area contributed by atoms with E-state index in [1.54, 1.807) is 12.1 Å². The molecule has 0 radical (unpaired) electrons. The number of hydrogen-bond acceptors (Lipinski definition) is 2. The molecule has 8 heteroatoms. The lowest BCUT2D eigenvalue weighted by atomic mass is 10.1. The van der Waals surface area contributed by atoms with Crippen molar-refractivity contribution in [3.05, 3.63) is 49.0 Å². The van der Waals surface area contributed by atoms with Crippen LogP contribution in [0.25, 0.3) is 11.3 Å². The van der Waals surface area contributed by atoms with Crippen molar-refractivity contribution in [3.63, 3.8) is 0 Å². The maximum atomic E-state index is 10.9. The molecule has 0 aliphatic rings. The third-order valence-corrected chi connectivity index (χ3v) is 4.58. The van der Waals surface area contributed by atoms with Crippen LogP contribution >= 0.6 is 58.0 Å². The van der Waals surface area contributed by atoms with Crippen molar-refractivity contribution in [2.24, 2.45) is 0 Å². The molecule has 1 aromatic carbocycles. The molecule has 1 N–H and O–H groups in total. The largest absolute Gasteiger partial charge is 0.481 e. The van der Waals surface area contributed by atoms with Gasteiger partial charge in [0.25, 0.3) is 0 Å². The molecule has 1 heterocycles. The Morgan fingerprint density at radius 2 is 1.57 bits per heavy atom. The van der Waals surface area contributed by atoms with Gasteiger partial charge in [-0.1, -0.05) is 58.0 Å². The first-order chi connectivity index (χ1) is 9.81. The van der Waals surface area contributed by atoms with Crippen LogP contribution in [0.2, 0.25) is 25.1 Å². The van der Waals surface area contributed by atoms with Gasteiger partial charge >= 0.3 is 5.97 Å². The summed E-state index contributed by atoms with van der Waals surface area (Å²) >= 11 is 30.0. The normalized spacial score (nSPS) is 10.7. The molecule has 0 amide bonds. The van der Waals surface area contributed by atoms with Crippen LogP contribution in [0.4, 0.5) is 0 Å². The van der Waals surface area contributed by atoms with Crippen LogP contribution in [-0.2, 0) is 11.2 Å². The van der Waals surface area contributed by atoms with Gasteiger partial charge in [-0.25, -0.2) is 0 Å². The van der Waals surface area contributed by atoms with E-state index in [-0.39, 0.29) is 37.1 Å². The minimum absolute atomic E-state index is 0.138. The Morgan fingerprint density at radius 1 is 1.00 bits per heavy atom. The van der Waals surface area contributed by atoms with E-state index in [2.05, 4.69) is 4.98 Å². The summed E-state index contributed by atoms with van der Waals surface area (Å²) in [6.07, 6.45) is 1.01. The fourth-order valence-electron chi connectivity index (χ4n) is 1.71. The van der Waals surface area contributed by atoms with Gasteiger partial charge in [-0.2, -0.15) is 0 Å². The molecule has 0 aliphatic heterocycles. The van der Waals surface area contributed by atoms with E-state index in [0.29, 0.717) is 11.3 Å². The Kier molecular flexibility index (Phi) is 5.23. The Hall–Kier alpha value is -0.710. The Labute approximate surface area is 145 Å². The van der Waals surface area contributed by atoms with Crippen LogP contribution in [-0.4, -0.2) is 16.1 Å². The van der Waals surface area contributed by atoms with Crippen molar-refractivity contribution >= 4 is 64.0 Å². The summed E-state index contributed by atoms with van der Waals surface area (Å²) in [6, 6.07) is 3.09. The van der Waals surface area contributed by atoms with Crippen molar-refractivity contribution in [2.75, 3.05) is 0 Å². The highest BCUT2D eigenvalue weighted by Crippen LogP contribution is 2.38. The van der Waals surface area contributed by atoms with E-state index >= 15 is 0 Å². The molecular formula is C13H6Cl5NO2. The van der Waals surface area contributed by atoms with Crippen LogP contribution in [0.3, 0.4) is 0 Å². The summed E-state index contributed by atoms with van der Waals surface area (Å²) in [6.45, 7) is 0. The lowest BCUT2D eigenvalue weighted by molar-refractivity contribution is -0.136. The van der Waals surface area contributed by atoms with E-state index in [1.165, 1.54) is 6.20 Å². The van der Waals surface area contributed by atoms with Gasteiger partial charge in [0.15, 0.2) is 0 Å². The second kappa shape index (κ2) is 6.59. The second-order valence-electron chi connectivity index (χ2n) is 4.07. The molecule has 0 unspecified atom stereocenters. The minimum atomic E-state index is -1.05. The second-order valence-corrected chi connectivity index (χ2v) is 6.05. The number of rotatable bonds is 3. The fraction of sp³-hybridized carbons (Fsp3) is 0.0769. The molecule has 0 atom stereocenters. The number of hydrogen-bond donors (Lipinski definition) is 1. The lowest BCUT2D eigenvalue weighted by Crippen LogP contribution is -2.03. The molecule has 0 fully saturated rings. The predicted molar refractivity (Wildman–Crippen MR) is 86.1 cm³/mol. The van der Waals surface area contributed by atoms with Crippen LogP contribution in [0.1, 0.15) is 5.56 Å². The van der Waals surface area contributed by atoms with Crippen LogP contribution in [0, 0.1) is 0 Å². The van der Waals surface area contributed by atoms with E-state index in [4.69, 9.17) is 63.1 Å². The van der Waals surface area contributed by atoms with Gasteiger partial charge in [-0.05, 0) is 12.1 Å². The average molecular weight is 385 g/mol. The molecule has 0 bridgehead atoms.